The zero-order valence-electron chi connectivity index (χ0n) is 17.4. The van der Waals surface area contributed by atoms with Gasteiger partial charge in [0.15, 0.2) is 9.84 Å². The van der Waals surface area contributed by atoms with Gasteiger partial charge in [0.1, 0.15) is 12.4 Å². The maximum atomic E-state index is 12.2. The molecule has 8 nitrogen and oxygen atoms in total. The molecule has 0 unspecified atom stereocenters. The van der Waals surface area contributed by atoms with Crippen LogP contribution in [0.5, 0.6) is 5.75 Å². The van der Waals surface area contributed by atoms with E-state index in [1.165, 1.54) is 0 Å². The number of anilines is 1. The third kappa shape index (κ3) is 7.29. The van der Waals surface area contributed by atoms with Crippen LogP contribution in [-0.2, 0) is 21.2 Å². The Morgan fingerprint density at radius 1 is 1.13 bits per heavy atom. The van der Waals surface area contributed by atoms with Gasteiger partial charge < -0.3 is 20.7 Å². The second-order valence-corrected chi connectivity index (χ2v) is 9.80. The van der Waals surface area contributed by atoms with Crippen LogP contribution in [0.2, 0.25) is 0 Å². The molecule has 0 bridgehead atoms. The molecule has 0 spiro atoms. The summed E-state index contributed by atoms with van der Waals surface area (Å²) in [5, 5.41) is 8.08. The quantitative estimate of drug-likeness (QED) is 0.577. The summed E-state index contributed by atoms with van der Waals surface area (Å²) in [5.74, 6) is 0.346. The number of hydrogen-bond donors (Lipinski definition) is 3. The first-order valence-electron chi connectivity index (χ1n) is 10.1. The molecule has 3 amide bonds. The van der Waals surface area contributed by atoms with E-state index >= 15 is 0 Å². The van der Waals surface area contributed by atoms with Gasteiger partial charge in [-0.1, -0.05) is 36.4 Å². The van der Waals surface area contributed by atoms with Crippen molar-refractivity contribution in [1.82, 2.24) is 10.6 Å². The number of rotatable bonds is 8. The maximum absolute atomic E-state index is 12.2. The summed E-state index contributed by atoms with van der Waals surface area (Å²) in [4.78, 5) is 24.2. The maximum Gasteiger partial charge on any atom is 0.319 e. The van der Waals surface area contributed by atoms with Crippen LogP contribution in [-0.4, -0.2) is 44.4 Å². The molecule has 1 aliphatic heterocycles. The molecule has 1 atom stereocenters. The Kier molecular flexibility index (Phi) is 7.51. The van der Waals surface area contributed by atoms with E-state index in [9.17, 15) is 18.0 Å². The van der Waals surface area contributed by atoms with Crippen molar-refractivity contribution in [3.63, 3.8) is 0 Å². The van der Waals surface area contributed by atoms with E-state index in [1.54, 1.807) is 6.07 Å². The highest BCUT2D eigenvalue weighted by Gasteiger charge is 2.28. The fourth-order valence-electron chi connectivity index (χ4n) is 3.25. The third-order valence-electron chi connectivity index (χ3n) is 4.86. The first-order chi connectivity index (χ1) is 14.8. The topological polar surface area (TPSA) is 114 Å². The average molecular weight is 446 g/mol. The van der Waals surface area contributed by atoms with Crippen LogP contribution in [0, 0.1) is 6.92 Å². The Balaban J connectivity index is 1.46. The molecule has 31 heavy (non-hydrogen) atoms. The van der Waals surface area contributed by atoms with Gasteiger partial charge in [-0.3, -0.25) is 4.79 Å². The van der Waals surface area contributed by atoms with Crippen LogP contribution >= 0.6 is 0 Å². The van der Waals surface area contributed by atoms with Crippen LogP contribution in [0.3, 0.4) is 0 Å². The van der Waals surface area contributed by atoms with Crippen molar-refractivity contribution in [2.45, 2.75) is 32.4 Å². The van der Waals surface area contributed by atoms with Crippen LogP contribution in [0.15, 0.2) is 48.5 Å². The van der Waals surface area contributed by atoms with Crippen molar-refractivity contribution >= 4 is 27.5 Å². The standard InChI is InChI=1S/C22H27N3O5S/c1-16-7-8-19(20(13-16)30-14-17-5-3-2-4-6-17)25-22(27)23-11-9-21(26)24-18-10-12-31(28,29)15-18/h2-8,13,18H,9-12,14-15H2,1H3,(H,24,26)(H2,23,25,27)/t18-/m1/s1. The van der Waals surface area contributed by atoms with E-state index in [0.717, 1.165) is 11.1 Å². The number of carbonyl (C=O) groups excluding carboxylic acids is 2. The number of ether oxygens (including phenoxy) is 1. The zero-order valence-corrected chi connectivity index (χ0v) is 18.2. The number of carbonyl (C=O) groups is 2. The number of benzene rings is 2. The van der Waals surface area contributed by atoms with Crippen molar-refractivity contribution in [1.29, 1.82) is 0 Å². The van der Waals surface area contributed by atoms with Gasteiger partial charge in [-0.2, -0.15) is 0 Å². The second-order valence-electron chi connectivity index (χ2n) is 7.57. The van der Waals surface area contributed by atoms with Crippen molar-refractivity contribution in [3.05, 3.63) is 59.7 Å². The second kappa shape index (κ2) is 10.3. The number of aryl methyl sites for hydroxylation is 1. The van der Waals surface area contributed by atoms with Gasteiger partial charge >= 0.3 is 6.03 Å². The van der Waals surface area contributed by atoms with E-state index in [4.69, 9.17) is 4.74 Å². The van der Waals surface area contributed by atoms with E-state index in [-0.39, 0.29) is 36.4 Å². The van der Waals surface area contributed by atoms with Crippen molar-refractivity contribution in [3.8, 4) is 5.75 Å². The van der Waals surface area contributed by atoms with Gasteiger partial charge in [-0.05, 0) is 36.6 Å². The molecule has 0 aromatic heterocycles. The fraction of sp³-hybridized carbons (Fsp3) is 0.364. The summed E-state index contributed by atoms with van der Waals surface area (Å²) >= 11 is 0. The largest absolute Gasteiger partial charge is 0.487 e. The summed E-state index contributed by atoms with van der Waals surface area (Å²) in [6.07, 6.45) is 0.496. The lowest BCUT2D eigenvalue weighted by Gasteiger charge is -2.14. The van der Waals surface area contributed by atoms with Gasteiger partial charge in [0.05, 0.1) is 17.2 Å². The number of hydrogen-bond acceptors (Lipinski definition) is 5. The smallest absolute Gasteiger partial charge is 0.319 e. The van der Waals surface area contributed by atoms with Crippen LogP contribution < -0.4 is 20.7 Å². The molecule has 1 fully saturated rings. The first kappa shape index (κ1) is 22.6. The number of nitrogens with one attached hydrogen (secondary N) is 3. The van der Waals surface area contributed by atoms with Gasteiger partial charge in [-0.15, -0.1) is 0 Å². The van der Waals surface area contributed by atoms with Gasteiger partial charge in [0, 0.05) is 19.0 Å². The Bertz CT molecular complexity index is 1020. The lowest BCUT2D eigenvalue weighted by Crippen LogP contribution is -2.38. The molecule has 9 heteroatoms. The molecule has 1 heterocycles. The molecule has 0 aliphatic carbocycles. The molecular formula is C22H27N3O5S. The molecule has 3 rings (SSSR count). The Morgan fingerprint density at radius 2 is 1.90 bits per heavy atom. The molecular weight excluding hydrogens is 418 g/mol. The molecule has 166 valence electrons. The van der Waals surface area contributed by atoms with Crippen LogP contribution in [0.4, 0.5) is 10.5 Å². The van der Waals surface area contributed by atoms with E-state index in [0.29, 0.717) is 24.5 Å². The molecule has 0 saturated carbocycles. The Hall–Kier alpha value is -3.07. The predicted octanol–water partition coefficient (Wildman–Crippen LogP) is 2.39. The van der Waals surface area contributed by atoms with E-state index in [1.807, 2.05) is 49.4 Å². The minimum Gasteiger partial charge on any atom is -0.487 e. The molecule has 1 aliphatic rings. The lowest BCUT2D eigenvalue weighted by atomic mass is 10.2. The number of urea groups is 1. The minimum atomic E-state index is -3.05. The molecule has 3 N–H and O–H groups in total. The predicted molar refractivity (Wildman–Crippen MR) is 119 cm³/mol. The average Bonchev–Trinajstić information content (AvgIpc) is 3.07. The summed E-state index contributed by atoms with van der Waals surface area (Å²) in [6.45, 7) is 2.44. The summed E-state index contributed by atoms with van der Waals surface area (Å²) in [5.41, 5.74) is 2.54. The SMILES string of the molecule is Cc1ccc(NC(=O)NCCC(=O)N[C@@H]2CCS(=O)(=O)C2)c(OCc2ccccc2)c1. The third-order valence-corrected chi connectivity index (χ3v) is 6.63. The first-order valence-corrected chi connectivity index (χ1v) is 11.9. The van der Waals surface area contributed by atoms with Crippen molar-refractivity contribution < 1.29 is 22.7 Å². The number of sulfone groups is 1. The molecule has 1 saturated heterocycles. The van der Waals surface area contributed by atoms with E-state index < -0.39 is 15.9 Å². The Morgan fingerprint density at radius 3 is 2.61 bits per heavy atom. The molecule has 2 aromatic carbocycles. The van der Waals surface area contributed by atoms with E-state index in [2.05, 4.69) is 16.0 Å². The highest BCUT2D eigenvalue weighted by molar-refractivity contribution is 7.91. The molecule has 2 aromatic rings. The monoisotopic (exact) mass is 445 g/mol. The van der Waals surface area contributed by atoms with Crippen LogP contribution in [0.25, 0.3) is 0 Å². The van der Waals surface area contributed by atoms with Crippen LogP contribution in [0.1, 0.15) is 24.0 Å². The summed E-state index contributed by atoms with van der Waals surface area (Å²) < 4.78 is 28.8. The zero-order chi connectivity index (χ0) is 22.3. The van der Waals surface area contributed by atoms with Gasteiger partial charge in [0.25, 0.3) is 0 Å². The Labute approximate surface area is 182 Å². The van der Waals surface area contributed by atoms with Crippen molar-refractivity contribution in [2.24, 2.45) is 0 Å². The molecule has 0 radical (unpaired) electrons. The highest BCUT2D eigenvalue weighted by Crippen LogP contribution is 2.26. The summed E-state index contributed by atoms with van der Waals surface area (Å²) in [6, 6.07) is 14.4. The normalized spacial score (nSPS) is 17.0. The fourth-order valence-corrected chi connectivity index (χ4v) is 4.93. The minimum absolute atomic E-state index is 0.0220. The highest BCUT2D eigenvalue weighted by atomic mass is 32.2. The van der Waals surface area contributed by atoms with Gasteiger partial charge in [0.2, 0.25) is 5.91 Å². The summed E-state index contributed by atoms with van der Waals surface area (Å²) in [7, 11) is -3.05. The number of amides is 3. The van der Waals surface area contributed by atoms with Gasteiger partial charge in [-0.25, -0.2) is 13.2 Å². The van der Waals surface area contributed by atoms with Crippen molar-refractivity contribution in [2.75, 3.05) is 23.4 Å². The lowest BCUT2D eigenvalue weighted by molar-refractivity contribution is -0.121.